The average molecular weight is 1580 g/mol. The molecule has 4 aliphatic rings. The second-order valence-corrected chi connectivity index (χ2v) is 38.9. The Hall–Kier alpha value is -11.7. The zero-order valence-corrected chi connectivity index (χ0v) is 76.6. The van der Waals surface area contributed by atoms with Crippen molar-refractivity contribution in [2.24, 2.45) is 28.2 Å². The monoisotopic (exact) mass is 1580 g/mol. The molecule has 0 aliphatic heterocycles. The normalized spacial score (nSPS) is 14.5. The minimum atomic E-state index is 0.00601. The molecular formula is C117H122N4+4. The van der Waals surface area contributed by atoms with E-state index in [0.717, 1.165) is 25.7 Å². The van der Waals surface area contributed by atoms with Gasteiger partial charge in [-0.3, -0.25) is 0 Å². The van der Waals surface area contributed by atoms with E-state index in [1.165, 1.54) is 249 Å². The molecule has 0 bridgehead atoms. The lowest BCUT2D eigenvalue weighted by Gasteiger charge is -2.49. The molecule has 0 unspecified atom stereocenters. The third kappa shape index (κ3) is 13.9. The van der Waals surface area contributed by atoms with Crippen LogP contribution in [0.3, 0.4) is 0 Å². The zero-order chi connectivity index (χ0) is 85.7. The second kappa shape index (κ2) is 30.5. The van der Waals surface area contributed by atoms with E-state index in [2.05, 4.69) is 429 Å². The molecule has 4 heteroatoms. The molecule has 0 atom stereocenters. The van der Waals surface area contributed by atoms with Crippen molar-refractivity contribution >= 4 is 43.1 Å². The van der Waals surface area contributed by atoms with E-state index in [1.807, 2.05) is 0 Å². The number of rotatable bonds is 4. The van der Waals surface area contributed by atoms with Crippen LogP contribution in [0.5, 0.6) is 0 Å². The highest BCUT2D eigenvalue weighted by molar-refractivity contribution is 6.04. The standard InChI is InChI=1S/2C31H34N.C28H28N.C27H26N/c1-19-9-11-23-22(15-19)10-12-26-29(23)25-18-24(28-16-20(2)13-14-32(28)8)21(3)17-27(25)31(6,7)30(26,4)5;1-19-9-11-23-22(15-19)10-12-24-26-18-25(28-16-20(2)13-14-32(28)8)21(3)17-27(26)30(4,5)31(6,7)29(23)24;1-17-6-7-21-16-25-22(15-23(21)12-17)8-9-24-27(25)19(3)14-20(4)28(24)26-13-18(2)10-11-29(26)5;1-17-5-10-22-21(15-17)8-7-20-9-12-23-24(27(20)22)11-6-19(3)26(23)25-16-18(2)13-14-28(25)4/h2*9-18H,1-8H3;6-7,10-16H,8-9H2,1-5H3;5-8,10-11,13-16H,9,12H2,1-4H3/q4*+1. The molecule has 606 valence electrons. The van der Waals surface area contributed by atoms with Crippen LogP contribution in [0.2, 0.25) is 0 Å². The van der Waals surface area contributed by atoms with Gasteiger partial charge in [0.05, 0.1) is 11.1 Å². The van der Waals surface area contributed by atoms with E-state index >= 15 is 0 Å². The van der Waals surface area contributed by atoms with Gasteiger partial charge in [-0.1, -0.05) is 223 Å². The van der Waals surface area contributed by atoms with Gasteiger partial charge < -0.3 is 0 Å². The second-order valence-electron chi connectivity index (χ2n) is 38.9. The Kier molecular flexibility index (Phi) is 20.5. The SMILES string of the molecule is Cc1cc[n+](C)c(-c2c(C)cc(C)c3c2CCc2cc4cc(C)ccc4cc2-3)c1.Cc1cc[n+](C)c(-c2c(C)ccc3c2CCc2ccc4cc(C)ccc4c2-3)c1.Cc1cc[n+](C)c(-c2cc3c(cc2C)C(C)(C)C(C)(C)c2c-3ccc3cc(C)ccc23)c1.Cc1cc[n+](C)c(-c2cc3c(cc2C)C(C)(C)C(C)(C)c2ccc4cc(C)ccc4c2-3)c1. The summed E-state index contributed by atoms with van der Waals surface area (Å²) in [7, 11) is 8.60. The van der Waals surface area contributed by atoms with Crippen molar-refractivity contribution in [3.63, 3.8) is 0 Å². The topological polar surface area (TPSA) is 15.5 Å². The summed E-state index contributed by atoms with van der Waals surface area (Å²) in [6.07, 6.45) is 13.1. The first-order valence-electron chi connectivity index (χ1n) is 44.1. The molecule has 4 nitrogen and oxygen atoms in total. The zero-order valence-electron chi connectivity index (χ0n) is 76.6. The van der Waals surface area contributed by atoms with Gasteiger partial charge in [-0.15, -0.1) is 0 Å². The molecule has 12 aromatic carbocycles. The van der Waals surface area contributed by atoms with Crippen molar-refractivity contribution < 1.29 is 18.3 Å². The molecule has 0 spiro atoms. The first-order valence-corrected chi connectivity index (χ1v) is 44.1. The minimum Gasteiger partial charge on any atom is -0.201 e. The van der Waals surface area contributed by atoms with Crippen molar-refractivity contribution in [1.29, 1.82) is 0 Å². The summed E-state index contributed by atoms with van der Waals surface area (Å²) in [6, 6.07) is 81.2. The third-order valence-electron chi connectivity index (χ3n) is 29.3. The first kappa shape index (κ1) is 81.6. The maximum atomic E-state index is 2.47. The van der Waals surface area contributed by atoms with Gasteiger partial charge in [0, 0.05) is 65.1 Å². The number of hydrogen-bond donors (Lipinski definition) is 0. The summed E-state index contributed by atoms with van der Waals surface area (Å²) in [5.74, 6) is 0. The molecule has 121 heavy (non-hydrogen) atoms. The summed E-state index contributed by atoms with van der Waals surface area (Å²) in [5.41, 5.74) is 51.1. The Morgan fingerprint density at radius 1 is 0.215 bits per heavy atom. The highest BCUT2D eigenvalue weighted by Crippen LogP contribution is 2.59. The van der Waals surface area contributed by atoms with Crippen LogP contribution in [-0.2, 0) is 75.5 Å². The summed E-state index contributed by atoms with van der Waals surface area (Å²) in [4.78, 5) is 0. The fourth-order valence-electron chi connectivity index (χ4n) is 21.2. The van der Waals surface area contributed by atoms with E-state index in [-0.39, 0.29) is 21.7 Å². The smallest absolute Gasteiger partial charge is 0.201 e. The van der Waals surface area contributed by atoms with Crippen LogP contribution in [0.25, 0.3) is 133 Å². The number of pyridine rings is 4. The van der Waals surface area contributed by atoms with Crippen molar-refractivity contribution in [2.45, 2.75) is 193 Å². The minimum absolute atomic E-state index is 0.00601. The molecule has 0 saturated carbocycles. The lowest BCUT2D eigenvalue weighted by atomic mass is 9.54. The van der Waals surface area contributed by atoms with Gasteiger partial charge >= 0.3 is 0 Å². The largest absolute Gasteiger partial charge is 0.213 e. The Balaban J connectivity index is 0.000000115. The molecule has 20 rings (SSSR count). The third-order valence-corrected chi connectivity index (χ3v) is 29.3. The van der Waals surface area contributed by atoms with E-state index in [9.17, 15) is 0 Å². The maximum Gasteiger partial charge on any atom is 0.213 e. The number of benzene rings is 12. The van der Waals surface area contributed by atoms with Crippen LogP contribution in [0.15, 0.2) is 237 Å². The van der Waals surface area contributed by atoms with Crippen LogP contribution < -0.4 is 18.3 Å². The fourth-order valence-corrected chi connectivity index (χ4v) is 21.2. The molecule has 16 aromatic rings. The van der Waals surface area contributed by atoms with Crippen LogP contribution in [0.4, 0.5) is 0 Å². The highest BCUT2D eigenvalue weighted by atomic mass is 14.9. The lowest BCUT2D eigenvalue weighted by molar-refractivity contribution is -0.660. The number of hydrogen-bond acceptors (Lipinski definition) is 0. The van der Waals surface area contributed by atoms with Crippen molar-refractivity contribution in [3.05, 3.63) is 354 Å². The maximum absolute atomic E-state index is 2.47. The molecular weight excluding hydrogens is 1460 g/mol. The van der Waals surface area contributed by atoms with Gasteiger partial charge in [0.1, 0.15) is 28.2 Å². The van der Waals surface area contributed by atoms with Crippen LogP contribution in [0, 0.1) is 90.0 Å². The van der Waals surface area contributed by atoms with Crippen LogP contribution in [0.1, 0.15) is 172 Å². The van der Waals surface area contributed by atoms with E-state index < -0.39 is 0 Å². The molecule has 4 aromatic heterocycles. The van der Waals surface area contributed by atoms with E-state index in [0.29, 0.717) is 0 Å². The average Bonchev–Trinajstić information content (AvgIpc) is 0.701. The molecule has 0 amide bonds. The predicted molar refractivity (Wildman–Crippen MR) is 512 cm³/mol. The van der Waals surface area contributed by atoms with Gasteiger partial charge in [-0.25, -0.2) is 18.3 Å². The van der Waals surface area contributed by atoms with Crippen LogP contribution in [-0.4, -0.2) is 0 Å². The van der Waals surface area contributed by atoms with E-state index in [4.69, 9.17) is 0 Å². The molecule has 4 heterocycles. The summed E-state index contributed by atoms with van der Waals surface area (Å²) >= 11 is 0. The highest BCUT2D eigenvalue weighted by Gasteiger charge is 2.49. The van der Waals surface area contributed by atoms with Crippen molar-refractivity contribution in [3.8, 4) is 89.5 Å². The number of aromatic nitrogens is 4. The summed E-state index contributed by atoms with van der Waals surface area (Å²) in [5, 5.41) is 10.8. The number of fused-ring (bicyclic) bond motifs is 19. The van der Waals surface area contributed by atoms with Crippen molar-refractivity contribution in [1.82, 2.24) is 0 Å². The van der Waals surface area contributed by atoms with Gasteiger partial charge in [0.25, 0.3) is 0 Å². The molecule has 0 N–H and O–H groups in total. The Morgan fingerprint density at radius 2 is 0.620 bits per heavy atom. The Morgan fingerprint density at radius 3 is 1.19 bits per heavy atom. The molecule has 0 saturated heterocycles. The molecule has 0 fully saturated rings. The van der Waals surface area contributed by atoms with Crippen LogP contribution >= 0.6 is 0 Å². The number of nitrogens with zero attached hydrogens (tertiary/aromatic N) is 4. The first-order chi connectivity index (χ1) is 57.5. The van der Waals surface area contributed by atoms with E-state index in [1.54, 1.807) is 0 Å². The van der Waals surface area contributed by atoms with Gasteiger partial charge in [-0.05, 0) is 332 Å². The lowest BCUT2D eigenvalue weighted by Crippen LogP contribution is -2.43. The van der Waals surface area contributed by atoms with Gasteiger partial charge in [0.2, 0.25) is 22.8 Å². The Bertz CT molecular complexity index is 7020. The summed E-state index contributed by atoms with van der Waals surface area (Å²) in [6.45, 7) is 48.1. The predicted octanol–water partition coefficient (Wildman–Crippen LogP) is 27.3. The van der Waals surface area contributed by atoms with Gasteiger partial charge in [0.15, 0.2) is 24.8 Å². The molecule has 4 aliphatic carbocycles. The van der Waals surface area contributed by atoms with Crippen molar-refractivity contribution in [2.75, 3.05) is 0 Å². The summed E-state index contributed by atoms with van der Waals surface area (Å²) < 4.78 is 9.01. The Labute approximate surface area is 721 Å². The quantitative estimate of drug-likeness (QED) is 0.156. The van der Waals surface area contributed by atoms with Gasteiger partial charge in [-0.2, -0.15) is 0 Å². The molecule has 0 radical (unpaired) electrons. The number of aryl methyl sites for hydroxylation is 19. The fraction of sp³-hybridized carbons (Fsp3) is 0.282.